The molecule has 0 aromatic carbocycles. The topological polar surface area (TPSA) is 29.1 Å². The molecule has 0 spiro atoms. The lowest BCUT2D eigenvalue weighted by Gasteiger charge is -2.30. The van der Waals surface area contributed by atoms with Gasteiger partial charge in [0.25, 0.3) is 0 Å². The zero-order valence-corrected chi connectivity index (χ0v) is 67.6. The van der Waals surface area contributed by atoms with Gasteiger partial charge in [-0.1, -0.05) is 13.8 Å². The third-order valence-corrected chi connectivity index (χ3v) is 106. The fourth-order valence-corrected chi connectivity index (χ4v) is 126. The molecule has 1 N–H and O–H groups in total. The van der Waals surface area contributed by atoms with E-state index in [9.17, 15) is 4.79 Å². The fraction of sp³-hybridized carbons (Fsp3) is 0.889. The van der Waals surface area contributed by atoms with Crippen molar-refractivity contribution in [3.63, 3.8) is 0 Å². The van der Waals surface area contributed by atoms with Crippen LogP contribution in [0, 0.1) is 5.92 Å². The van der Waals surface area contributed by atoms with E-state index in [0.717, 1.165) is 6.42 Å². The van der Waals surface area contributed by atoms with Crippen molar-refractivity contribution in [1.82, 2.24) is 5.32 Å². The molecular weight excluding hydrogens is 1710 g/mol. The molecule has 358 valence electrons. The number of carbonyl (C=O) groups is 1. The summed E-state index contributed by atoms with van der Waals surface area (Å²) in [7, 11) is 83.9. The highest BCUT2D eigenvalue weighted by molar-refractivity contribution is 8.82. The van der Waals surface area contributed by atoms with Crippen LogP contribution < -0.4 is 5.32 Å². The van der Waals surface area contributed by atoms with Gasteiger partial charge in [0.1, 0.15) is 5.78 Å². The van der Waals surface area contributed by atoms with E-state index in [0.29, 0.717) is 30.2 Å². The molecule has 1 aliphatic heterocycles. The second-order valence-electron chi connectivity index (χ2n) is 7.06. The van der Waals surface area contributed by atoms with Crippen molar-refractivity contribution in [2.45, 2.75) is 45.7 Å². The number of hydrogen-bond acceptors (Lipinski definition) is 4. The van der Waals surface area contributed by atoms with Gasteiger partial charge in [0, 0.05) is 465 Å². The zero-order chi connectivity index (χ0) is 43.7. The number of nitrogens with one attached hydrogen (secondary N) is 1. The van der Waals surface area contributed by atoms with Gasteiger partial charge in [-0.25, -0.2) is 0 Å². The summed E-state index contributed by atoms with van der Waals surface area (Å²) in [6.45, 7) is 6.39. The number of hydrogen-bond donors (Lipinski definition) is 1. The highest BCUT2D eigenvalue weighted by atomic mass is 33.5. The smallest absolute Gasteiger partial charge is 0.136 e. The van der Waals surface area contributed by atoms with Crippen LogP contribution in [0.25, 0.3) is 0 Å². The Balaban J connectivity index is 0.00000271. The predicted molar refractivity (Wildman–Crippen MR) is 406 cm³/mol. The van der Waals surface area contributed by atoms with Gasteiger partial charge in [-0.3, -0.25) is 4.79 Å². The molecule has 0 saturated carbocycles. The minimum Gasteiger partial charge on any atom is -0.310 e. The normalized spacial score (nSPS) is 12.4. The molecule has 1 heterocycles. The Morgan fingerprint density at radius 1 is 0.350 bits per heavy atom. The molecule has 2 unspecified atom stereocenters. The summed E-state index contributed by atoms with van der Waals surface area (Å²) in [5.41, 5.74) is 0. The average Bonchev–Trinajstić information content (AvgIpc) is 3.23. The fourth-order valence-electron chi connectivity index (χ4n) is 2.09. The Hall–Kier alpha value is 10.4. The molecule has 1 aliphatic rings. The van der Waals surface area contributed by atoms with Crippen molar-refractivity contribution < 1.29 is 4.79 Å². The van der Waals surface area contributed by atoms with Crippen LogP contribution in [0.2, 0.25) is 0 Å². The number of ketones is 1. The van der Waals surface area contributed by atoms with Gasteiger partial charge in [-0.2, -0.15) is 0 Å². The third-order valence-electron chi connectivity index (χ3n) is 3.56. The van der Waals surface area contributed by atoms with Gasteiger partial charge < -0.3 is 5.32 Å². The van der Waals surface area contributed by atoms with Crippen LogP contribution in [0.3, 0.4) is 0 Å². The van der Waals surface area contributed by atoms with E-state index in [2.05, 4.69) is 26.1 Å². The summed E-state index contributed by atoms with van der Waals surface area (Å²) < 4.78 is 0. The second-order valence-corrected chi connectivity index (χ2v) is 90.2. The third kappa shape index (κ3) is 59.3. The van der Waals surface area contributed by atoms with Crippen LogP contribution >= 0.6 is 0 Å². The molecule has 1 rings (SSSR count). The molecule has 0 aromatic rings. The number of Topliss-reactive ketones (excluding diaryl/α,β-unsaturated/α-hetero) is 1. The van der Waals surface area contributed by atoms with E-state index in [1.165, 1.54) is 17.8 Å². The average molecular weight is 1730 g/mol. The van der Waals surface area contributed by atoms with Crippen LogP contribution in [-0.4, -0.2) is 17.9 Å². The van der Waals surface area contributed by atoms with E-state index in [1.54, 1.807) is 107 Å². The van der Waals surface area contributed by atoms with E-state index in [-0.39, 0.29) is 0 Å². The standard InChI is InChI=1S/C9H17NO.S49/c1-6(2)9-5-8(11)4-7(3)10-9;1-3-5-7-9-11-13-15-17-19-21-23-25-27-29-31-33-35-37-39-41-43-45-47-49-48-46-44-42-40-38-36-34-32-30-28-26-24-22-20-18-16-14-12-10-8-6-4-2/h6-7,9-10H,4-5H2,1-3H3;. The first-order chi connectivity index (χ1) is 29.5. The maximum atomic E-state index is 11.1. The molecule has 1 saturated heterocycles. The van der Waals surface area contributed by atoms with Crippen LogP contribution in [0.4, 0.5) is 0 Å². The van der Waals surface area contributed by atoms with Crippen molar-refractivity contribution in [3.8, 4) is 0 Å². The summed E-state index contributed by atoms with van der Waals surface area (Å²) in [5.74, 6) is 0.983. The molecule has 0 bridgehead atoms. The molecule has 0 amide bonds. The second kappa shape index (κ2) is 62.0. The molecule has 2 atom stereocenters. The van der Waals surface area contributed by atoms with Gasteiger partial charge in [-0.15, -0.1) is 0 Å². The lowest BCUT2D eigenvalue weighted by molar-refractivity contribution is -0.121. The van der Waals surface area contributed by atoms with Crippen molar-refractivity contribution in [1.29, 1.82) is 0 Å². The number of carbonyl (C=O) groups excluding carboxylic acids is 1. The maximum absolute atomic E-state index is 11.1. The Labute approximate surface area is 493 Å². The van der Waals surface area contributed by atoms with E-state index < -0.39 is 0 Å². The lowest BCUT2D eigenvalue weighted by Crippen LogP contribution is -2.46. The minimum atomic E-state index is 0.378. The Morgan fingerprint density at radius 2 is 0.517 bits per heavy atom. The van der Waals surface area contributed by atoms with Crippen molar-refractivity contribution in [2.75, 3.05) is 0 Å². The SMILES string of the molecule is CC1CC(=O)CC(C(C)C)N1.S=S=S=S=S=S=S=S=S=S=S=S=S=S=S=S=S=S=S=S=S=S=S=S=S=S=S=S=S=S=S=S=S=S=S=S=S=S=S=S=S=S=S=S=S=S=S=S=S. The highest BCUT2D eigenvalue weighted by Gasteiger charge is 2.25. The molecular formula is C9H17NOS49. The number of rotatable bonds is 1. The zero-order valence-electron chi connectivity index (χ0n) is 27.6. The van der Waals surface area contributed by atoms with Crippen LogP contribution in [-0.2, 0) is 445 Å². The van der Waals surface area contributed by atoms with E-state index >= 15 is 0 Å². The molecule has 2 nitrogen and oxygen atoms in total. The summed E-state index contributed by atoms with van der Waals surface area (Å²) in [5, 5.41) is 3.43. The summed E-state index contributed by atoms with van der Waals surface area (Å²) in [6.07, 6.45) is 1.44. The van der Waals surface area contributed by atoms with Crippen LogP contribution in [0.5, 0.6) is 0 Å². The Bertz CT molecular complexity index is 3500. The predicted octanol–water partition coefficient (Wildman–Crippen LogP) is 1.23. The summed E-state index contributed by atoms with van der Waals surface area (Å²) >= 11 is 9.62. The largest absolute Gasteiger partial charge is 0.310 e. The minimum absolute atomic E-state index is 0.378. The summed E-state index contributed by atoms with van der Waals surface area (Å²) in [6, 6.07) is 0.787. The van der Waals surface area contributed by atoms with Crippen molar-refractivity contribution >= 4 is 446 Å². The van der Waals surface area contributed by atoms with E-state index in [1.807, 2.05) is 293 Å². The van der Waals surface area contributed by atoms with Gasteiger partial charge >= 0.3 is 0 Å². The monoisotopic (exact) mass is 1720 g/mol. The van der Waals surface area contributed by atoms with E-state index in [4.69, 9.17) is 22.4 Å². The quantitative estimate of drug-likeness (QED) is 0.429. The molecule has 0 aliphatic carbocycles. The van der Waals surface area contributed by atoms with Crippen molar-refractivity contribution in [2.24, 2.45) is 5.92 Å². The first-order valence-corrected chi connectivity index (χ1v) is 76.4. The molecule has 60 heavy (non-hydrogen) atoms. The molecule has 0 aromatic heterocycles. The highest BCUT2D eigenvalue weighted by Crippen LogP contribution is 2.15. The Kier molecular flexibility index (Phi) is 72.7. The van der Waals surface area contributed by atoms with Gasteiger partial charge in [-0.05, 0) is 12.8 Å². The molecule has 1 fully saturated rings. The maximum Gasteiger partial charge on any atom is 0.136 e. The van der Waals surface area contributed by atoms with Crippen LogP contribution in [0.1, 0.15) is 33.6 Å². The number of piperidine rings is 1. The van der Waals surface area contributed by atoms with Crippen molar-refractivity contribution in [3.05, 3.63) is 0 Å². The molecule has 51 heteroatoms. The first-order valence-electron chi connectivity index (χ1n) is 12.4. The summed E-state index contributed by atoms with van der Waals surface area (Å²) in [4.78, 5) is 11.1. The Morgan fingerprint density at radius 3 is 0.650 bits per heavy atom. The van der Waals surface area contributed by atoms with Gasteiger partial charge in [0.15, 0.2) is 0 Å². The first kappa shape index (κ1) is 70.4. The van der Waals surface area contributed by atoms with Gasteiger partial charge in [0.05, 0.1) is 0 Å². The molecule has 0 radical (unpaired) electrons. The van der Waals surface area contributed by atoms with Crippen LogP contribution in [0.15, 0.2) is 0 Å². The lowest BCUT2D eigenvalue weighted by atomic mass is 9.91. The van der Waals surface area contributed by atoms with Gasteiger partial charge in [0.2, 0.25) is 0 Å².